The summed E-state index contributed by atoms with van der Waals surface area (Å²) in [4.78, 5) is 14.4. The molecular formula is C16H26N4O. The van der Waals surface area contributed by atoms with E-state index in [1.54, 1.807) is 4.68 Å². The number of rotatable bonds is 2. The number of aryl methyl sites for hydroxylation is 1. The Balaban J connectivity index is 1.54. The molecule has 21 heavy (non-hydrogen) atoms. The summed E-state index contributed by atoms with van der Waals surface area (Å²) in [7, 11) is 1.89. The molecule has 116 valence electrons. The highest BCUT2D eigenvalue weighted by atomic mass is 16.2. The molecule has 0 unspecified atom stereocenters. The summed E-state index contributed by atoms with van der Waals surface area (Å²) in [6.07, 6.45) is 11.0. The molecule has 0 bridgehead atoms. The fraction of sp³-hybridized carbons (Fsp3) is 0.750. The minimum absolute atomic E-state index is 0.0744. The number of hydrogen-bond donors (Lipinski definition) is 1. The Bertz CT molecular complexity index is 485. The number of carbonyl (C=O) groups is 1. The number of piperidine rings is 1. The van der Waals surface area contributed by atoms with Crippen LogP contribution >= 0.6 is 0 Å². The molecule has 0 atom stereocenters. The molecule has 1 aromatic heterocycles. The Labute approximate surface area is 126 Å². The normalized spacial score (nSPS) is 21.5. The number of nitrogens with zero attached hydrogens (tertiary/aromatic N) is 3. The fourth-order valence-electron chi connectivity index (χ4n) is 3.93. The van der Waals surface area contributed by atoms with Crippen molar-refractivity contribution in [1.29, 1.82) is 0 Å². The number of aromatic nitrogens is 2. The van der Waals surface area contributed by atoms with Gasteiger partial charge in [-0.2, -0.15) is 5.10 Å². The molecule has 3 rings (SSSR count). The van der Waals surface area contributed by atoms with Crippen LogP contribution in [-0.2, 0) is 13.6 Å². The first-order valence-electron chi connectivity index (χ1n) is 8.18. The Kier molecular flexibility index (Phi) is 4.17. The molecule has 0 aromatic carbocycles. The SMILES string of the molecule is Cn1ccc(CNC(=O)N2CCCC3(CCCCC3)C2)n1. The molecule has 1 aliphatic heterocycles. The van der Waals surface area contributed by atoms with Crippen molar-refractivity contribution in [2.45, 2.75) is 51.5 Å². The lowest BCUT2D eigenvalue weighted by atomic mass is 9.69. The standard InChI is InChI=1S/C16H26N4O/c1-19-11-6-14(18-19)12-17-15(21)20-10-5-9-16(13-20)7-3-2-4-8-16/h6,11H,2-5,7-10,12-13H2,1H3,(H,17,21). The predicted molar refractivity (Wildman–Crippen MR) is 81.8 cm³/mol. The predicted octanol–water partition coefficient (Wildman–Crippen LogP) is 2.68. The monoisotopic (exact) mass is 290 g/mol. The highest BCUT2D eigenvalue weighted by Crippen LogP contribution is 2.43. The van der Waals surface area contributed by atoms with E-state index in [1.807, 2.05) is 24.2 Å². The zero-order chi connectivity index (χ0) is 14.7. The van der Waals surface area contributed by atoms with Gasteiger partial charge in [0.05, 0.1) is 12.2 Å². The lowest BCUT2D eigenvalue weighted by Gasteiger charge is -2.45. The zero-order valence-electron chi connectivity index (χ0n) is 13.0. The second-order valence-corrected chi connectivity index (χ2v) is 6.73. The van der Waals surface area contributed by atoms with Gasteiger partial charge in [-0.25, -0.2) is 4.79 Å². The Hall–Kier alpha value is -1.52. The van der Waals surface area contributed by atoms with Crippen LogP contribution in [0.2, 0.25) is 0 Å². The second kappa shape index (κ2) is 6.08. The molecule has 1 N–H and O–H groups in total. The number of carbonyl (C=O) groups excluding carboxylic acids is 1. The molecule has 1 spiro atoms. The number of urea groups is 1. The maximum Gasteiger partial charge on any atom is 0.317 e. The second-order valence-electron chi connectivity index (χ2n) is 6.73. The summed E-state index contributed by atoms with van der Waals surface area (Å²) in [6, 6.07) is 2.02. The summed E-state index contributed by atoms with van der Waals surface area (Å²) >= 11 is 0. The molecule has 2 amide bonds. The summed E-state index contributed by atoms with van der Waals surface area (Å²) in [5, 5.41) is 7.31. The van der Waals surface area contributed by atoms with E-state index in [-0.39, 0.29) is 6.03 Å². The lowest BCUT2D eigenvalue weighted by Crippen LogP contribution is -2.50. The van der Waals surface area contributed by atoms with E-state index in [0.717, 1.165) is 25.2 Å². The average Bonchev–Trinajstić information content (AvgIpc) is 2.91. The maximum absolute atomic E-state index is 12.4. The van der Waals surface area contributed by atoms with Crippen molar-refractivity contribution in [3.05, 3.63) is 18.0 Å². The Morgan fingerprint density at radius 1 is 1.29 bits per heavy atom. The molecule has 2 aliphatic rings. The van der Waals surface area contributed by atoms with Crippen molar-refractivity contribution < 1.29 is 4.79 Å². The van der Waals surface area contributed by atoms with Crippen molar-refractivity contribution in [1.82, 2.24) is 20.0 Å². The van der Waals surface area contributed by atoms with Gasteiger partial charge >= 0.3 is 6.03 Å². The average molecular weight is 290 g/mol. The smallest absolute Gasteiger partial charge is 0.317 e. The molecule has 1 saturated heterocycles. The fourth-order valence-corrected chi connectivity index (χ4v) is 3.93. The van der Waals surface area contributed by atoms with Gasteiger partial charge in [-0.1, -0.05) is 19.3 Å². The van der Waals surface area contributed by atoms with Gasteiger partial charge in [0.2, 0.25) is 0 Å². The van der Waals surface area contributed by atoms with Crippen molar-refractivity contribution in [2.24, 2.45) is 12.5 Å². The first kappa shape index (κ1) is 14.4. The molecule has 5 nitrogen and oxygen atoms in total. The van der Waals surface area contributed by atoms with Gasteiger partial charge in [0.15, 0.2) is 0 Å². The largest absolute Gasteiger partial charge is 0.332 e. The van der Waals surface area contributed by atoms with Crippen molar-refractivity contribution in [3.8, 4) is 0 Å². The molecule has 1 aromatic rings. The van der Waals surface area contributed by atoms with Gasteiger partial charge in [0.1, 0.15) is 0 Å². The van der Waals surface area contributed by atoms with E-state index >= 15 is 0 Å². The van der Waals surface area contributed by atoms with Crippen LogP contribution in [0.3, 0.4) is 0 Å². The van der Waals surface area contributed by atoms with Gasteiger partial charge in [0, 0.05) is 26.3 Å². The van der Waals surface area contributed by atoms with Crippen LogP contribution in [0.4, 0.5) is 4.79 Å². The van der Waals surface area contributed by atoms with Crippen molar-refractivity contribution >= 4 is 6.03 Å². The molecule has 1 saturated carbocycles. The summed E-state index contributed by atoms with van der Waals surface area (Å²) in [6.45, 7) is 2.36. The Morgan fingerprint density at radius 3 is 2.76 bits per heavy atom. The van der Waals surface area contributed by atoms with E-state index in [4.69, 9.17) is 0 Å². The minimum Gasteiger partial charge on any atom is -0.332 e. The third kappa shape index (κ3) is 3.39. The van der Waals surface area contributed by atoms with Gasteiger partial charge in [0.25, 0.3) is 0 Å². The van der Waals surface area contributed by atoms with Crippen LogP contribution < -0.4 is 5.32 Å². The molecule has 2 fully saturated rings. The first-order valence-corrected chi connectivity index (χ1v) is 8.18. The number of nitrogens with one attached hydrogen (secondary N) is 1. The molecule has 5 heteroatoms. The minimum atomic E-state index is 0.0744. The topological polar surface area (TPSA) is 50.2 Å². The number of hydrogen-bond acceptors (Lipinski definition) is 2. The highest BCUT2D eigenvalue weighted by molar-refractivity contribution is 5.74. The van der Waals surface area contributed by atoms with Crippen LogP contribution in [-0.4, -0.2) is 33.8 Å². The van der Waals surface area contributed by atoms with Gasteiger partial charge in [-0.15, -0.1) is 0 Å². The number of amides is 2. The van der Waals surface area contributed by atoms with E-state index in [1.165, 1.54) is 38.5 Å². The van der Waals surface area contributed by atoms with Gasteiger partial charge < -0.3 is 10.2 Å². The quantitative estimate of drug-likeness (QED) is 0.910. The van der Waals surface area contributed by atoms with Crippen molar-refractivity contribution in [2.75, 3.05) is 13.1 Å². The summed E-state index contributed by atoms with van der Waals surface area (Å²) in [5.74, 6) is 0. The third-order valence-electron chi connectivity index (χ3n) is 5.05. The van der Waals surface area contributed by atoms with Crippen LogP contribution in [0.15, 0.2) is 12.3 Å². The van der Waals surface area contributed by atoms with E-state index < -0.39 is 0 Å². The highest BCUT2D eigenvalue weighted by Gasteiger charge is 2.37. The molecular weight excluding hydrogens is 264 g/mol. The lowest BCUT2D eigenvalue weighted by molar-refractivity contribution is 0.0705. The summed E-state index contributed by atoms with van der Waals surface area (Å²) < 4.78 is 1.76. The maximum atomic E-state index is 12.4. The van der Waals surface area contributed by atoms with Gasteiger partial charge in [-0.3, -0.25) is 4.68 Å². The third-order valence-corrected chi connectivity index (χ3v) is 5.05. The molecule has 2 heterocycles. The van der Waals surface area contributed by atoms with Gasteiger partial charge in [-0.05, 0) is 37.2 Å². The van der Waals surface area contributed by atoms with E-state index in [2.05, 4.69) is 10.4 Å². The van der Waals surface area contributed by atoms with Crippen LogP contribution in [0, 0.1) is 5.41 Å². The van der Waals surface area contributed by atoms with Crippen LogP contribution in [0.5, 0.6) is 0 Å². The number of likely N-dealkylation sites (tertiary alicyclic amines) is 1. The van der Waals surface area contributed by atoms with Crippen LogP contribution in [0.25, 0.3) is 0 Å². The molecule has 1 aliphatic carbocycles. The first-order chi connectivity index (χ1) is 10.2. The zero-order valence-corrected chi connectivity index (χ0v) is 13.0. The van der Waals surface area contributed by atoms with Crippen molar-refractivity contribution in [3.63, 3.8) is 0 Å². The Morgan fingerprint density at radius 2 is 2.05 bits per heavy atom. The van der Waals surface area contributed by atoms with E-state index in [9.17, 15) is 4.79 Å². The summed E-state index contributed by atoms with van der Waals surface area (Å²) in [5.41, 5.74) is 1.33. The van der Waals surface area contributed by atoms with Crippen LogP contribution in [0.1, 0.15) is 50.6 Å². The molecule has 0 radical (unpaired) electrons. The van der Waals surface area contributed by atoms with E-state index in [0.29, 0.717) is 12.0 Å².